The molecule has 138 valence electrons. The van der Waals surface area contributed by atoms with Crippen molar-refractivity contribution in [3.8, 4) is 16.3 Å². The maximum absolute atomic E-state index is 13.4. The van der Waals surface area contributed by atoms with E-state index in [1.54, 1.807) is 35.2 Å². The molecule has 8 heteroatoms. The van der Waals surface area contributed by atoms with E-state index >= 15 is 0 Å². The van der Waals surface area contributed by atoms with Crippen molar-refractivity contribution < 1.29 is 4.39 Å². The van der Waals surface area contributed by atoms with Gasteiger partial charge in [0.15, 0.2) is 10.8 Å². The second-order valence-electron chi connectivity index (χ2n) is 6.28. The summed E-state index contributed by atoms with van der Waals surface area (Å²) in [5.41, 5.74) is 3.66. The van der Waals surface area contributed by atoms with E-state index in [9.17, 15) is 9.18 Å². The zero-order valence-electron chi connectivity index (χ0n) is 14.8. The predicted molar refractivity (Wildman–Crippen MR) is 107 cm³/mol. The predicted octanol–water partition coefficient (Wildman–Crippen LogP) is 3.86. The fourth-order valence-electron chi connectivity index (χ4n) is 3.36. The van der Waals surface area contributed by atoms with Gasteiger partial charge in [0.05, 0.1) is 16.6 Å². The summed E-state index contributed by atoms with van der Waals surface area (Å²) < 4.78 is 16.6. The Hall–Kier alpha value is -3.39. The molecule has 5 rings (SSSR count). The Morgan fingerprint density at radius 1 is 1.14 bits per heavy atom. The molecule has 0 saturated heterocycles. The summed E-state index contributed by atoms with van der Waals surface area (Å²) in [5, 5.41) is 7.58. The van der Waals surface area contributed by atoms with Gasteiger partial charge in [0.2, 0.25) is 0 Å². The Balaban J connectivity index is 1.81. The lowest BCUT2D eigenvalue weighted by Crippen LogP contribution is -2.18. The average molecular weight is 391 g/mol. The second-order valence-corrected chi connectivity index (χ2v) is 7.15. The van der Waals surface area contributed by atoms with Crippen molar-refractivity contribution in [2.24, 2.45) is 0 Å². The molecule has 28 heavy (non-hydrogen) atoms. The Kier molecular flexibility index (Phi) is 3.80. The highest BCUT2D eigenvalue weighted by atomic mass is 32.1. The fraction of sp³-hybridized carbons (Fsp3) is 0.100. The molecular formula is C20H14FN5OS. The lowest BCUT2D eigenvalue weighted by Gasteiger charge is -2.05. The molecule has 0 N–H and O–H groups in total. The van der Waals surface area contributed by atoms with Crippen LogP contribution in [0.5, 0.6) is 0 Å². The number of fused-ring (bicyclic) bond motifs is 3. The maximum atomic E-state index is 13.4. The van der Waals surface area contributed by atoms with E-state index in [1.807, 2.05) is 18.4 Å². The van der Waals surface area contributed by atoms with Gasteiger partial charge < -0.3 is 0 Å². The molecule has 0 aliphatic rings. The van der Waals surface area contributed by atoms with Crippen LogP contribution in [0.1, 0.15) is 12.6 Å². The van der Waals surface area contributed by atoms with Gasteiger partial charge in [0, 0.05) is 29.5 Å². The third-order valence-electron chi connectivity index (χ3n) is 4.68. The van der Waals surface area contributed by atoms with Crippen LogP contribution in [-0.4, -0.2) is 24.1 Å². The highest BCUT2D eigenvalue weighted by Gasteiger charge is 2.18. The van der Waals surface area contributed by atoms with Crippen molar-refractivity contribution in [2.45, 2.75) is 13.3 Å². The van der Waals surface area contributed by atoms with E-state index in [2.05, 4.69) is 9.97 Å². The molecule has 0 atom stereocenters. The molecular weight excluding hydrogens is 377 g/mol. The van der Waals surface area contributed by atoms with Gasteiger partial charge in [0.25, 0.3) is 5.56 Å². The summed E-state index contributed by atoms with van der Waals surface area (Å²) in [6, 6.07) is 8.13. The smallest absolute Gasteiger partial charge is 0.267 e. The van der Waals surface area contributed by atoms with Gasteiger partial charge in [0.1, 0.15) is 5.82 Å². The van der Waals surface area contributed by atoms with Crippen LogP contribution in [0.3, 0.4) is 0 Å². The summed E-state index contributed by atoms with van der Waals surface area (Å²) in [5.74, 6) is -0.292. The zero-order chi connectivity index (χ0) is 19.3. The largest absolute Gasteiger partial charge is 0.268 e. The fourth-order valence-corrected chi connectivity index (χ4v) is 3.98. The molecule has 0 aliphatic heterocycles. The number of rotatable bonds is 3. The van der Waals surface area contributed by atoms with Crippen LogP contribution in [0.25, 0.3) is 32.8 Å². The van der Waals surface area contributed by atoms with Crippen molar-refractivity contribution in [3.05, 3.63) is 76.2 Å². The minimum atomic E-state index is -0.292. The van der Waals surface area contributed by atoms with E-state index in [4.69, 9.17) is 5.10 Å². The van der Waals surface area contributed by atoms with E-state index in [1.165, 1.54) is 28.0 Å². The first-order valence-electron chi connectivity index (χ1n) is 8.75. The Labute approximate surface area is 162 Å². The summed E-state index contributed by atoms with van der Waals surface area (Å²) in [6.45, 7) is 2.01. The third-order valence-corrected chi connectivity index (χ3v) is 5.45. The van der Waals surface area contributed by atoms with Crippen LogP contribution in [0.4, 0.5) is 4.39 Å². The number of pyridine rings is 1. The minimum absolute atomic E-state index is 0.196. The number of nitrogens with zero attached hydrogens (tertiary/aromatic N) is 5. The average Bonchev–Trinajstić information content (AvgIpc) is 3.36. The van der Waals surface area contributed by atoms with Crippen molar-refractivity contribution >= 4 is 27.9 Å². The van der Waals surface area contributed by atoms with Crippen LogP contribution in [-0.2, 0) is 6.42 Å². The summed E-state index contributed by atoms with van der Waals surface area (Å²) in [7, 11) is 0. The number of aromatic nitrogens is 5. The Bertz CT molecular complexity index is 1370. The van der Waals surface area contributed by atoms with Crippen molar-refractivity contribution in [1.29, 1.82) is 0 Å². The Morgan fingerprint density at radius 3 is 2.68 bits per heavy atom. The molecule has 4 aromatic heterocycles. The SMILES string of the molecule is CCc1nn2c(ncc3c(=O)n(-c4nccs4)ccc32)c1-c1ccc(F)cc1. The molecule has 5 aromatic rings. The van der Waals surface area contributed by atoms with Gasteiger partial charge in [-0.05, 0) is 30.2 Å². The Morgan fingerprint density at radius 2 is 1.96 bits per heavy atom. The summed E-state index contributed by atoms with van der Waals surface area (Å²) >= 11 is 1.39. The first kappa shape index (κ1) is 16.8. The van der Waals surface area contributed by atoms with Crippen LogP contribution in [0, 0.1) is 5.82 Å². The number of aryl methyl sites for hydroxylation is 1. The summed E-state index contributed by atoms with van der Waals surface area (Å²) in [6.07, 6.45) is 5.63. The standard InChI is InChI=1S/C20H14FN5OS/c1-2-15-17(12-3-5-13(21)6-4-12)18-23-11-14-16(26(18)24-15)7-9-25(19(14)27)20-22-8-10-28-20/h3-11H,2H2,1H3. The van der Waals surface area contributed by atoms with Gasteiger partial charge in [-0.15, -0.1) is 11.3 Å². The second kappa shape index (κ2) is 6.35. The molecule has 0 spiro atoms. The van der Waals surface area contributed by atoms with Crippen molar-refractivity contribution in [2.75, 3.05) is 0 Å². The highest BCUT2D eigenvalue weighted by Crippen LogP contribution is 2.29. The van der Waals surface area contributed by atoms with Gasteiger partial charge in [-0.25, -0.2) is 18.9 Å². The monoisotopic (exact) mass is 391 g/mol. The van der Waals surface area contributed by atoms with E-state index in [0.29, 0.717) is 28.1 Å². The van der Waals surface area contributed by atoms with Crippen molar-refractivity contribution in [1.82, 2.24) is 24.1 Å². The zero-order valence-corrected chi connectivity index (χ0v) is 15.7. The van der Waals surface area contributed by atoms with Crippen LogP contribution >= 0.6 is 11.3 Å². The van der Waals surface area contributed by atoms with Crippen LogP contribution in [0.2, 0.25) is 0 Å². The molecule has 0 bridgehead atoms. The quantitative estimate of drug-likeness (QED) is 0.468. The van der Waals surface area contributed by atoms with E-state index < -0.39 is 0 Å². The van der Waals surface area contributed by atoms with E-state index in [0.717, 1.165) is 16.8 Å². The van der Waals surface area contributed by atoms with Gasteiger partial charge >= 0.3 is 0 Å². The minimum Gasteiger partial charge on any atom is -0.268 e. The molecule has 4 heterocycles. The topological polar surface area (TPSA) is 65.1 Å². The molecule has 1 aromatic carbocycles. The number of benzene rings is 1. The molecule has 0 saturated carbocycles. The van der Waals surface area contributed by atoms with Crippen LogP contribution in [0.15, 0.2) is 59.1 Å². The summed E-state index contributed by atoms with van der Waals surface area (Å²) in [4.78, 5) is 21.7. The molecule has 0 unspecified atom stereocenters. The van der Waals surface area contributed by atoms with Crippen molar-refractivity contribution in [3.63, 3.8) is 0 Å². The number of thiazole rings is 1. The third kappa shape index (κ3) is 2.45. The van der Waals surface area contributed by atoms with E-state index in [-0.39, 0.29) is 11.4 Å². The molecule has 0 radical (unpaired) electrons. The first-order chi connectivity index (χ1) is 13.7. The number of halogens is 1. The lowest BCUT2D eigenvalue weighted by atomic mass is 10.0. The van der Waals surface area contributed by atoms with Gasteiger partial charge in [-0.2, -0.15) is 5.10 Å². The molecule has 0 amide bonds. The van der Waals surface area contributed by atoms with Crippen LogP contribution < -0.4 is 5.56 Å². The first-order valence-corrected chi connectivity index (χ1v) is 9.63. The number of hydrogen-bond acceptors (Lipinski definition) is 5. The van der Waals surface area contributed by atoms with Gasteiger partial charge in [-0.3, -0.25) is 9.36 Å². The molecule has 6 nitrogen and oxygen atoms in total. The molecule has 0 aliphatic carbocycles. The highest BCUT2D eigenvalue weighted by molar-refractivity contribution is 7.12. The molecule has 0 fully saturated rings. The van der Waals surface area contributed by atoms with Gasteiger partial charge in [-0.1, -0.05) is 19.1 Å². The number of hydrogen-bond donors (Lipinski definition) is 0. The normalized spacial score (nSPS) is 11.5. The lowest BCUT2D eigenvalue weighted by molar-refractivity contribution is 0.628. The maximum Gasteiger partial charge on any atom is 0.267 e.